The van der Waals surface area contributed by atoms with Crippen molar-refractivity contribution < 1.29 is 13.5 Å². The van der Waals surface area contributed by atoms with E-state index in [2.05, 4.69) is 23.6 Å². The van der Waals surface area contributed by atoms with Crippen molar-refractivity contribution in [2.45, 2.75) is 62.2 Å². The summed E-state index contributed by atoms with van der Waals surface area (Å²) in [7, 11) is 0. The van der Waals surface area contributed by atoms with Crippen LogP contribution in [0.4, 0.5) is 14.6 Å². The quantitative estimate of drug-likeness (QED) is 0.321. The number of likely N-dealkylation sites (tertiary alicyclic amines) is 1. The van der Waals surface area contributed by atoms with E-state index >= 15 is 4.39 Å². The Bertz CT molecular complexity index is 1590. The first-order valence-electron chi connectivity index (χ1n) is 13.9. The summed E-state index contributed by atoms with van der Waals surface area (Å²) in [5.41, 5.74) is 0.939. The normalized spacial score (nSPS) is 28.1. The number of ether oxygens (including phenoxy) is 1. The fourth-order valence-corrected chi connectivity index (χ4v) is 8.78. The van der Waals surface area contributed by atoms with Crippen LogP contribution in [0.1, 0.15) is 39.2 Å². The summed E-state index contributed by atoms with van der Waals surface area (Å²) in [6.45, 7) is 7.44. The highest BCUT2D eigenvalue weighted by Gasteiger charge is 2.41. The largest absolute Gasteiger partial charge is 0.375 e. The summed E-state index contributed by atoms with van der Waals surface area (Å²) >= 11 is 14.6. The predicted molar refractivity (Wildman–Crippen MR) is 156 cm³/mol. The van der Waals surface area contributed by atoms with Gasteiger partial charge >= 0.3 is 5.69 Å². The SMILES string of the molecule is C[C@H]1CC[C@H](C)N(c2nc(=O)n3c4c(c(-c5cc(Cl)c(F)cc5F)c(Cl)cc24)SC[C@@H]3CN2C[C@@H]3C[C@H]2CO3)C1. The fourth-order valence-electron chi connectivity index (χ4n) is 6.94. The molecule has 0 N–H and O–H groups in total. The molecular formula is C29H30Cl2F2N4O2S. The smallest absolute Gasteiger partial charge is 0.350 e. The Kier molecular flexibility index (Phi) is 6.82. The van der Waals surface area contributed by atoms with Gasteiger partial charge in [-0.1, -0.05) is 30.1 Å². The molecule has 0 saturated carbocycles. The van der Waals surface area contributed by atoms with Crippen molar-refractivity contribution in [3.63, 3.8) is 0 Å². The van der Waals surface area contributed by atoms with Crippen LogP contribution in [0.3, 0.4) is 0 Å². The lowest BCUT2D eigenvalue weighted by Crippen LogP contribution is -2.45. The molecule has 2 bridgehead atoms. The van der Waals surface area contributed by atoms with Gasteiger partial charge in [0.05, 0.1) is 34.3 Å². The fraction of sp³-hybridized carbons (Fsp3) is 0.517. The zero-order valence-electron chi connectivity index (χ0n) is 22.3. The van der Waals surface area contributed by atoms with E-state index in [4.69, 9.17) is 32.9 Å². The van der Waals surface area contributed by atoms with E-state index in [-0.39, 0.29) is 34.5 Å². The van der Waals surface area contributed by atoms with Gasteiger partial charge in [0.2, 0.25) is 0 Å². The van der Waals surface area contributed by atoms with Crippen LogP contribution in [0.15, 0.2) is 27.9 Å². The first-order chi connectivity index (χ1) is 19.2. The Morgan fingerprint density at radius 3 is 2.67 bits per heavy atom. The Balaban J connectivity index is 1.45. The van der Waals surface area contributed by atoms with Gasteiger partial charge in [-0.15, -0.1) is 11.8 Å². The number of aromatic nitrogens is 2. The molecule has 4 aliphatic rings. The molecule has 0 aliphatic carbocycles. The van der Waals surface area contributed by atoms with Crippen LogP contribution in [-0.4, -0.2) is 64.6 Å². The third-order valence-electron chi connectivity index (χ3n) is 9.01. The monoisotopic (exact) mass is 606 g/mol. The number of fused-ring (bicyclic) bond motifs is 2. The number of thioether (sulfide) groups is 1. The Hall–Kier alpha value is -1.91. The summed E-state index contributed by atoms with van der Waals surface area (Å²) in [5.74, 6) is 0.0951. The molecule has 11 heteroatoms. The van der Waals surface area contributed by atoms with Gasteiger partial charge in [-0.2, -0.15) is 4.98 Å². The standard InChI is InChI=1S/C29H30Cl2F2N4O2S/c1-14-3-4-15(2)36(9-14)28-20-7-22(31)25(19-6-21(30)24(33)8-23(19)32)27-26(20)37(29(38)34-28)17(13-40-27)10-35-11-18-5-16(35)12-39-18/h6-8,14-18H,3-5,9-13H2,1-2H3/t14-,15-,16-,17-,18-/m0/s1. The van der Waals surface area contributed by atoms with Crippen LogP contribution in [0.2, 0.25) is 10.0 Å². The molecule has 0 spiro atoms. The van der Waals surface area contributed by atoms with Crippen LogP contribution in [0.5, 0.6) is 0 Å². The van der Waals surface area contributed by atoms with Crippen LogP contribution >= 0.6 is 35.0 Å². The minimum Gasteiger partial charge on any atom is -0.375 e. The molecule has 3 saturated heterocycles. The Morgan fingerprint density at radius 2 is 1.93 bits per heavy atom. The zero-order valence-corrected chi connectivity index (χ0v) is 24.6. The number of hydrogen-bond acceptors (Lipinski definition) is 6. The van der Waals surface area contributed by atoms with Crippen molar-refractivity contribution in [2.24, 2.45) is 5.92 Å². The molecule has 0 unspecified atom stereocenters. The average Bonchev–Trinajstić information content (AvgIpc) is 3.54. The minimum absolute atomic E-state index is 0.116. The number of piperidine rings is 1. The zero-order chi connectivity index (χ0) is 27.9. The van der Waals surface area contributed by atoms with Gasteiger partial charge in [-0.3, -0.25) is 9.47 Å². The lowest BCUT2D eigenvalue weighted by atomic mass is 9.94. The van der Waals surface area contributed by atoms with Crippen molar-refractivity contribution >= 4 is 51.7 Å². The first kappa shape index (κ1) is 27.0. The van der Waals surface area contributed by atoms with Crippen LogP contribution in [0, 0.1) is 17.6 Å². The van der Waals surface area contributed by atoms with E-state index in [0.29, 0.717) is 51.1 Å². The number of hydrogen-bond donors (Lipinski definition) is 0. The van der Waals surface area contributed by atoms with Gasteiger partial charge in [-0.25, -0.2) is 13.6 Å². The average molecular weight is 608 g/mol. The van der Waals surface area contributed by atoms with E-state index in [1.54, 1.807) is 22.4 Å². The van der Waals surface area contributed by atoms with E-state index in [1.807, 2.05) is 0 Å². The molecule has 7 rings (SSSR count). The Morgan fingerprint density at radius 1 is 1.10 bits per heavy atom. The molecule has 5 atom stereocenters. The topological polar surface area (TPSA) is 50.6 Å². The molecule has 3 fully saturated rings. The second-order valence-corrected chi connectivity index (χ2v) is 13.6. The summed E-state index contributed by atoms with van der Waals surface area (Å²) in [5, 5.41) is 0.907. The number of benzene rings is 2. The number of halogens is 4. The molecule has 6 nitrogen and oxygen atoms in total. The molecule has 4 aliphatic heterocycles. The number of rotatable bonds is 4. The molecule has 3 aromatic rings. The lowest BCUT2D eigenvalue weighted by molar-refractivity contribution is 0.0261. The molecule has 2 aromatic carbocycles. The first-order valence-corrected chi connectivity index (χ1v) is 15.6. The van der Waals surface area contributed by atoms with Crippen LogP contribution in [-0.2, 0) is 4.74 Å². The third kappa shape index (κ3) is 4.35. The molecule has 0 amide bonds. The van der Waals surface area contributed by atoms with Crippen molar-refractivity contribution in [3.8, 4) is 11.1 Å². The van der Waals surface area contributed by atoms with Crippen molar-refractivity contribution in [1.29, 1.82) is 0 Å². The third-order valence-corrected chi connectivity index (χ3v) is 10.8. The highest BCUT2D eigenvalue weighted by atomic mass is 35.5. The Labute approximate surface area is 245 Å². The maximum atomic E-state index is 15.2. The van der Waals surface area contributed by atoms with Gasteiger partial charge in [-0.05, 0) is 44.2 Å². The number of nitrogens with zero attached hydrogens (tertiary/aromatic N) is 4. The molecule has 5 heterocycles. The minimum atomic E-state index is -0.832. The maximum absolute atomic E-state index is 15.2. The van der Waals surface area contributed by atoms with Crippen LogP contribution in [0.25, 0.3) is 22.0 Å². The lowest BCUT2D eigenvalue weighted by Gasteiger charge is -2.39. The molecule has 40 heavy (non-hydrogen) atoms. The molecule has 1 aromatic heterocycles. The van der Waals surface area contributed by atoms with E-state index in [9.17, 15) is 9.18 Å². The number of anilines is 1. The number of morpholine rings is 1. The second-order valence-electron chi connectivity index (χ2n) is 11.7. The van der Waals surface area contributed by atoms with Gasteiger partial charge in [0, 0.05) is 64.9 Å². The highest BCUT2D eigenvalue weighted by Crippen LogP contribution is 2.49. The van der Waals surface area contributed by atoms with Gasteiger partial charge in [0.15, 0.2) is 0 Å². The van der Waals surface area contributed by atoms with Crippen molar-refractivity contribution in [1.82, 2.24) is 14.5 Å². The van der Waals surface area contributed by atoms with Gasteiger partial charge < -0.3 is 9.64 Å². The molecular weight excluding hydrogens is 577 g/mol. The summed E-state index contributed by atoms with van der Waals surface area (Å²) in [4.78, 5) is 24.0. The van der Waals surface area contributed by atoms with Gasteiger partial charge in [0.1, 0.15) is 17.5 Å². The predicted octanol–water partition coefficient (Wildman–Crippen LogP) is 6.39. The van der Waals surface area contributed by atoms with E-state index in [1.165, 1.54) is 6.07 Å². The van der Waals surface area contributed by atoms with E-state index < -0.39 is 11.6 Å². The van der Waals surface area contributed by atoms with E-state index in [0.717, 1.165) is 50.4 Å². The van der Waals surface area contributed by atoms with Crippen molar-refractivity contribution in [2.75, 3.05) is 36.9 Å². The summed E-state index contributed by atoms with van der Waals surface area (Å²) in [6, 6.07) is 4.31. The molecule has 0 radical (unpaired) electrons. The summed E-state index contributed by atoms with van der Waals surface area (Å²) < 4.78 is 36.9. The second kappa shape index (κ2) is 10.1. The maximum Gasteiger partial charge on any atom is 0.350 e. The summed E-state index contributed by atoms with van der Waals surface area (Å²) in [6.07, 6.45) is 3.40. The highest BCUT2D eigenvalue weighted by molar-refractivity contribution is 7.99. The van der Waals surface area contributed by atoms with Gasteiger partial charge in [0.25, 0.3) is 0 Å². The molecule has 212 valence electrons. The van der Waals surface area contributed by atoms with Crippen molar-refractivity contribution in [3.05, 3.63) is 50.4 Å². The van der Waals surface area contributed by atoms with Crippen LogP contribution < -0.4 is 10.6 Å².